The first-order valence-electron chi connectivity index (χ1n) is 20.8. The molecule has 10 atom stereocenters. The minimum Gasteiger partial charge on any atom is -0.497 e. The number of hydrogen-bond donors (Lipinski definition) is 1. The van der Waals surface area contributed by atoms with Crippen LogP contribution in [0.1, 0.15) is 100 Å². The van der Waals surface area contributed by atoms with E-state index in [9.17, 15) is 29.1 Å². The van der Waals surface area contributed by atoms with E-state index < -0.39 is 59.5 Å². The molecule has 1 aromatic rings. The Morgan fingerprint density at radius 1 is 0.914 bits per heavy atom. The topological polar surface area (TPSA) is 146 Å². The van der Waals surface area contributed by atoms with E-state index in [1.54, 1.807) is 72.9 Å². The third-order valence-electron chi connectivity index (χ3n) is 12.2. The Bertz CT molecular complexity index is 1670. The first kappa shape index (κ1) is 48.7. The Kier molecular flexibility index (Phi) is 17.6. The number of ether oxygens (including phenoxy) is 2. The maximum Gasteiger partial charge on any atom is 0.328 e. The predicted molar refractivity (Wildman–Crippen MR) is 231 cm³/mol. The number of amides is 3. The van der Waals surface area contributed by atoms with Gasteiger partial charge >= 0.3 is 5.97 Å². The van der Waals surface area contributed by atoms with Crippen LogP contribution >= 0.6 is 11.8 Å². The molecular formula is C45H70N4O8S. The lowest BCUT2D eigenvalue weighted by atomic mass is 9.81. The van der Waals surface area contributed by atoms with Gasteiger partial charge in [-0.15, -0.1) is 11.8 Å². The minimum absolute atomic E-state index is 0.00989. The van der Waals surface area contributed by atoms with E-state index in [-0.39, 0.29) is 48.3 Å². The molecule has 13 heteroatoms. The summed E-state index contributed by atoms with van der Waals surface area (Å²) in [5.74, 6) is -2.02. The summed E-state index contributed by atoms with van der Waals surface area (Å²) < 4.78 is 11.5. The summed E-state index contributed by atoms with van der Waals surface area (Å²) >= 11 is 1.57. The number of allylic oxidation sites excluding steroid dienone is 1. The van der Waals surface area contributed by atoms with Crippen LogP contribution in [0.4, 0.5) is 0 Å². The van der Waals surface area contributed by atoms with Crippen molar-refractivity contribution in [3.8, 4) is 5.75 Å². The van der Waals surface area contributed by atoms with Crippen LogP contribution in [0.15, 0.2) is 40.9 Å². The number of nitrogens with zero attached hydrogens (tertiary/aromatic N) is 4. The van der Waals surface area contributed by atoms with Crippen LogP contribution in [0.3, 0.4) is 0 Å². The maximum absolute atomic E-state index is 14.4. The highest BCUT2D eigenvalue weighted by molar-refractivity contribution is 8.14. The smallest absolute Gasteiger partial charge is 0.328 e. The summed E-state index contributed by atoms with van der Waals surface area (Å²) in [7, 11) is 6.23. The molecule has 0 spiro atoms. The number of ketones is 1. The Morgan fingerprint density at radius 2 is 1.52 bits per heavy atom. The fraction of sp³-hybridized carbons (Fsp3) is 0.689. The summed E-state index contributed by atoms with van der Waals surface area (Å²) in [6.45, 7) is 18.8. The third kappa shape index (κ3) is 12.4. The second-order valence-corrected chi connectivity index (χ2v) is 18.9. The van der Waals surface area contributed by atoms with E-state index in [1.165, 1.54) is 14.7 Å². The molecule has 0 unspecified atom stereocenters. The van der Waals surface area contributed by atoms with Gasteiger partial charge in [-0.2, -0.15) is 0 Å². The van der Waals surface area contributed by atoms with Gasteiger partial charge in [-0.1, -0.05) is 73.1 Å². The molecule has 2 heterocycles. The van der Waals surface area contributed by atoms with Crippen LogP contribution in [-0.2, 0) is 35.1 Å². The molecule has 2 aliphatic rings. The lowest BCUT2D eigenvalue weighted by molar-refractivity contribution is -0.166. The average Bonchev–Trinajstić information content (AvgIpc) is 3.65. The first-order valence-corrected chi connectivity index (χ1v) is 21.7. The van der Waals surface area contributed by atoms with Gasteiger partial charge in [0.1, 0.15) is 30.0 Å². The van der Waals surface area contributed by atoms with Crippen LogP contribution in [0.2, 0.25) is 0 Å². The molecule has 0 saturated heterocycles. The van der Waals surface area contributed by atoms with Crippen LogP contribution < -0.4 is 4.74 Å². The molecule has 0 fully saturated rings. The highest BCUT2D eigenvalue weighted by Crippen LogP contribution is 2.33. The molecule has 2 bridgehead atoms. The number of carbonyl (C=O) groups is 5. The number of aliphatic hydroxyl groups is 1. The SMILES string of the molecule is CC[C@H](C)[C@H]1C(=O)N(C)[C@@H](C)C(=O)O[C@H](C(C)(C)C)C[C@@H](C)C[C@H](O)[C@@H](C)C2=N[C@@H](/C=C(\C)C(=O)C[C@@H](Cc3ccc(OC)cc3)C(=O)N(C)[C@@H](C)C(=O)N1C)CS2. The molecular weight excluding hydrogens is 757 g/mol. The van der Waals surface area contributed by atoms with Crippen molar-refractivity contribution in [2.24, 2.45) is 34.1 Å². The molecule has 2 aliphatic heterocycles. The molecule has 0 saturated carbocycles. The Hall–Kier alpha value is -3.71. The molecule has 58 heavy (non-hydrogen) atoms. The van der Waals surface area contributed by atoms with Crippen molar-refractivity contribution in [3.63, 3.8) is 0 Å². The molecule has 3 rings (SSSR count). The lowest BCUT2D eigenvalue weighted by Crippen LogP contribution is -2.58. The molecule has 3 amide bonds. The van der Waals surface area contributed by atoms with Gasteiger partial charge in [-0.3, -0.25) is 24.2 Å². The Labute approximate surface area is 351 Å². The number of carbonyl (C=O) groups excluding carboxylic acids is 5. The molecule has 1 N–H and O–H groups in total. The zero-order valence-corrected chi connectivity index (χ0v) is 38.2. The summed E-state index contributed by atoms with van der Waals surface area (Å²) in [5.41, 5.74) is 0.904. The predicted octanol–water partition coefficient (Wildman–Crippen LogP) is 6.23. The van der Waals surface area contributed by atoms with Gasteiger partial charge < -0.3 is 29.3 Å². The molecule has 0 aromatic heterocycles. The van der Waals surface area contributed by atoms with Crippen molar-refractivity contribution in [2.45, 2.75) is 138 Å². The minimum atomic E-state index is -0.973. The quantitative estimate of drug-likeness (QED) is 0.342. The van der Waals surface area contributed by atoms with Crippen molar-refractivity contribution in [1.29, 1.82) is 0 Å². The number of aliphatic hydroxyl groups excluding tert-OH is 1. The normalized spacial score (nSPS) is 31.2. The van der Waals surface area contributed by atoms with E-state index in [0.29, 0.717) is 36.3 Å². The van der Waals surface area contributed by atoms with Crippen LogP contribution in [0.5, 0.6) is 5.75 Å². The fourth-order valence-corrected chi connectivity index (χ4v) is 8.65. The zero-order valence-electron chi connectivity index (χ0n) is 37.4. The van der Waals surface area contributed by atoms with Crippen LogP contribution in [-0.4, -0.2) is 125 Å². The highest BCUT2D eigenvalue weighted by Gasteiger charge is 2.41. The Balaban J connectivity index is 2.08. The van der Waals surface area contributed by atoms with Crippen molar-refractivity contribution >= 4 is 46.3 Å². The van der Waals surface area contributed by atoms with Crippen molar-refractivity contribution < 1.29 is 38.6 Å². The number of benzene rings is 1. The highest BCUT2D eigenvalue weighted by atomic mass is 32.2. The van der Waals surface area contributed by atoms with E-state index in [4.69, 9.17) is 14.5 Å². The van der Waals surface area contributed by atoms with Crippen molar-refractivity contribution in [2.75, 3.05) is 34.0 Å². The number of fused-ring (bicyclic) bond motifs is 1. The van der Waals surface area contributed by atoms with E-state index in [0.717, 1.165) is 10.6 Å². The number of Topliss-reactive ketones (excluding diaryl/α,β-unsaturated/α-hetero) is 1. The zero-order chi connectivity index (χ0) is 43.8. The number of methoxy groups -OCH3 is 1. The standard InChI is InChI=1S/C45H70N4O8S/c1-15-27(3)39-43(54)48(12)31(7)44(55)57-38(45(8,9)10)21-26(2)20-37(51)29(5)40-46-34(25-58-40)22-28(4)36(50)24-33(23-32-16-18-35(56-14)19-17-32)42(53)47(11)30(6)41(52)49(39)13/h16-19,22,26-27,29-31,33-34,37-39,51H,15,20-21,23-25H2,1-14H3/b28-22+/t26-,27-,29+,30-,31-,33+,34-,37-,38-,39-/m0/s1. The second kappa shape index (κ2) is 21.0. The Morgan fingerprint density at radius 3 is 2.09 bits per heavy atom. The second-order valence-electron chi connectivity index (χ2n) is 17.8. The number of esters is 1. The summed E-state index contributed by atoms with van der Waals surface area (Å²) in [6.07, 6.45) is 2.36. The lowest BCUT2D eigenvalue weighted by Gasteiger charge is -2.39. The van der Waals surface area contributed by atoms with E-state index in [1.807, 2.05) is 66.7 Å². The third-order valence-corrected chi connectivity index (χ3v) is 13.5. The number of hydrogen-bond acceptors (Lipinski definition) is 10. The number of rotatable bonds is 5. The largest absolute Gasteiger partial charge is 0.497 e. The number of cyclic esters (lactones) is 1. The summed E-state index contributed by atoms with van der Waals surface area (Å²) in [6, 6.07) is 4.20. The maximum atomic E-state index is 14.4. The molecule has 1 aromatic carbocycles. The fourth-order valence-electron chi connectivity index (χ4n) is 7.51. The van der Waals surface area contributed by atoms with Gasteiger partial charge in [0.2, 0.25) is 17.7 Å². The van der Waals surface area contributed by atoms with Crippen molar-refractivity contribution in [3.05, 3.63) is 41.5 Å². The number of thioether (sulfide) groups is 1. The first-order chi connectivity index (χ1) is 27.0. The van der Waals surface area contributed by atoms with Gasteiger partial charge in [0.15, 0.2) is 5.78 Å². The monoisotopic (exact) mass is 826 g/mol. The van der Waals surface area contributed by atoms with Crippen LogP contribution in [0.25, 0.3) is 0 Å². The number of likely N-dealkylation sites (N-methyl/N-ethyl adjacent to an activating group) is 3. The van der Waals surface area contributed by atoms with Gasteiger partial charge in [-0.05, 0) is 80.6 Å². The van der Waals surface area contributed by atoms with Gasteiger partial charge in [0.05, 0.1) is 24.3 Å². The van der Waals surface area contributed by atoms with E-state index >= 15 is 0 Å². The van der Waals surface area contributed by atoms with Crippen molar-refractivity contribution in [1.82, 2.24) is 14.7 Å². The van der Waals surface area contributed by atoms with Gasteiger partial charge in [0, 0.05) is 45.2 Å². The molecule has 0 radical (unpaired) electrons. The molecule has 0 aliphatic carbocycles. The number of aliphatic imine (C=N–C) groups is 1. The van der Waals surface area contributed by atoms with E-state index in [2.05, 4.69) is 0 Å². The molecule has 12 nitrogen and oxygen atoms in total. The van der Waals surface area contributed by atoms with Gasteiger partial charge in [-0.25, -0.2) is 4.79 Å². The summed E-state index contributed by atoms with van der Waals surface area (Å²) in [4.78, 5) is 79.7. The van der Waals surface area contributed by atoms with Crippen LogP contribution in [0, 0.1) is 29.1 Å². The summed E-state index contributed by atoms with van der Waals surface area (Å²) in [5, 5.41) is 12.2. The average molecular weight is 827 g/mol. The molecule has 324 valence electrons. The van der Waals surface area contributed by atoms with Gasteiger partial charge in [0.25, 0.3) is 0 Å².